The normalized spacial score (nSPS) is 11.2. The van der Waals surface area contributed by atoms with Crippen molar-refractivity contribution in [1.82, 2.24) is 24.5 Å². The van der Waals surface area contributed by atoms with E-state index in [1.54, 1.807) is 6.33 Å². The summed E-state index contributed by atoms with van der Waals surface area (Å²) in [7, 11) is 0. The molecule has 0 saturated heterocycles. The number of hydrogen-bond acceptors (Lipinski definition) is 4. The first-order valence-corrected chi connectivity index (χ1v) is 6.35. The molecule has 3 aromatic rings. The fourth-order valence-corrected chi connectivity index (χ4v) is 2.16. The molecule has 0 unspecified atom stereocenters. The first-order chi connectivity index (χ1) is 9.28. The number of fused-ring (bicyclic) bond motifs is 1. The maximum atomic E-state index is 5.83. The molecule has 98 valence electrons. The van der Waals surface area contributed by atoms with Gasteiger partial charge < -0.3 is 5.73 Å². The van der Waals surface area contributed by atoms with Crippen LogP contribution in [0.25, 0.3) is 10.9 Å². The summed E-state index contributed by atoms with van der Waals surface area (Å²) in [5.41, 5.74) is 7.59. The minimum atomic E-state index is 0.604. The van der Waals surface area contributed by atoms with Gasteiger partial charge in [0.05, 0.1) is 11.7 Å². The van der Waals surface area contributed by atoms with Crippen molar-refractivity contribution in [3.63, 3.8) is 0 Å². The molecule has 0 bridgehead atoms. The molecular formula is C13H16N6. The average Bonchev–Trinajstić information content (AvgIpc) is 2.99. The molecular weight excluding hydrogens is 240 g/mol. The first kappa shape index (κ1) is 11.7. The Bertz CT molecular complexity index is 696. The lowest BCUT2D eigenvalue weighted by molar-refractivity contribution is 0.544. The maximum absolute atomic E-state index is 5.83. The van der Waals surface area contributed by atoms with Gasteiger partial charge in [0.25, 0.3) is 0 Å². The summed E-state index contributed by atoms with van der Waals surface area (Å²) in [6.07, 6.45) is 4.46. The standard InChI is InChI=1S/C13H16N6/c1-2-5-18-13(15-9-17-18)8-19-12-6-11(14)4-3-10(12)7-16-19/h3-4,6-7,9H,2,5,8,14H2,1H3. The predicted octanol–water partition coefficient (Wildman–Crippen LogP) is 1.67. The van der Waals surface area contributed by atoms with Crippen molar-refractivity contribution in [3.8, 4) is 0 Å². The van der Waals surface area contributed by atoms with Crippen LogP contribution < -0.4 is 5.73 Å². The molecule has 2 aromatic heterocycles. The summed E-state index contributed by atoms with van der Waals surface area (Å²) >= 11 is 0. The zero-order valence-corrected chi connectivity index (χ0v) is 10.8. The maximum Gasteiger partial charge on any atom is 0.148 e. The SMILES string of the molecule is CCCn1ncnc1Cn1ncc2ccc(N)cc21. The average molecular weight is 256 g/mol. The van der Waals surface area contributed by atoms with Gasteiger partial charge in [0.15, 0.2) is 0 Å². The third-order valence-corrected chi connectivity index (χ3v) is 3.09. The fourth-order valence-electron chi connectivity index (χ4n) is 2.16. The molecule has 2 N–H and O–H groups in total. The molecule has 19 heavy (non-hydrogen) atoms. The van der Waals surface area contributed by atoms with E-state index >= 15 is 0 Å². The lowest BCUT2D eigenvalue weighted by Gasteiger charge is -2.06. The van der Waals surface area contributed by atoms with Gasteiger partial charge in [0, 0.05) is 17.6 Å². The van der Waals surface area contributed by atoms with Gasteiger partial charge in [-0.3, -0.25) is 4.68 Å². The fraction of sp³-hybridized carbons (Fsp3) is 0.308. The van der Waals surface area contributed by atoms with E-state index in [9.17, 15) is 0 Å². The van der Waals surface area contributed by atoms with E-state index in [4.69, 9.17) is 5.73 Å². The Morgan fingerprint density at radius 2 is 2.11 bits per heavy atom. The molecule has 0 aliphatic heterocycles. The van der Waals surface area contributed by atoms with Gasteiger partial charge in [0.2, 0.25) is 0 Å². The molecule has 6 nitrogen and oxygen atoms in total. The third-order valence-electron chi connectivity index (χ3n) is 3.09. The Morgan fingerprint density at radius 3 is 2.95 bits per heavy atom. The van der Waals surface area contributed by atoms with E-state index in [0.717, 1.165) is 35.4 Å². The zero-order chi connectivity index (χ0) is 13.2. The Hall–Kier alpha value is -2.37. The summed E-state index contributed by atoms with van der Waals surface area (Å²) in [6, 6.07) is 5.79. The molecule has 0 fully saturated rings. The van der Waals surface area contributed by atoms with E-state index < -0.39 is 0 Å². The van der Waals surface area contributed by atoms with Crippen LogP contribution in [-0.4, -0.2) is 24.5 Å². The van der Waals surface area contributed by atoms with Gasteiger partial charge in [-0.05, 0) is 24.6 Å². The van der Waals surface area contributed by atoms with Crippen LogP contribution in [0.2, 0.25) is 0 Å². The van der Waals surface area contributed by atoms with Gasteiger partial charge in [0.1, 0.15) is 18.7 Å². The van der Waals surface area contributed by atoms with Crippen molar-refractivity contribution in [2.45, 2.75) is 26.4 Å². The number of aryl methyl sites for hydroxylation is 1. The van der Waals surface area contributed by atoms with Crippen LogP contribution in [0.3, 0.4) is 0 Å². The van der Waals surface area contributed by atoms with Crippen molar-refractivity contribution in [1.29, 1.82) is 0 Å². The summed E-state index contributed by atoms with van der Waals surface area (Å²) in [6.45, 7) is 3.60. The zero-order valence-electron chi connectivity index (χ0n) is 10.8. The summed E-state index contributed by atoms with van der Waals surface area (Å²) in [5.74, 6) is 0.911. The van der Waals surface area contributed by atoms with Crippen molar-refractivity contribution >= 4 is 16.6 Å². The minimum absolute atomic E-state index is 0.604. The van der Waals surface area contributed by atoms with Gasteiger partial charge >= 0.3 is 0 Å². The molecule has 0 radical (unpaired) electrons. The number of anilines is 1. The van der Waals surface area contributed by atoms with E-state index in [-0.39, 0.29) is 0 Å². The van der Waals surface area contributed by atoms with Crippen LogP contribution in [0, 0.1) is 0 Å². The topological polar surface area (TPSA) is 74.5 Å². The lowest BCUT2D eigenvalue weighted by atomic mass is 10.2. The van der Waals surface area contributed by atoms with Crippen molar-refractivity contribution in [3.05, 3.63) is 36.5 Å². The van der Waals surface area contributed by atoms with E-state index in [2.05, 4.69) is 22.1 Å². The molecule has 0 atom stereocenters. The number of nitrogens with two attached hydrogens (primary N) is 1. The number of aromatic nitrogens is 5. The molecule has 0 amide bonds. The van der Waals surface area contributed by atoms with E-state index in [1.165, 1.54) is 0 Å². The van der Waals surface area contributed by atoms with Crippen LogP contribution in [0.5, 0.6) is 0 Å². The van der Waals surface area contributed by atoms with E-state index in [0.29, 0.717) is 6.54 Å². The second kappa shape index (κ2) is 4.72. The third kappa shape index (κ3) is 2.16. The largest absolute Gasteiger partial charge is 0.399 e. The monoisotopic (exact) mass is 256 g/mol. The summed E-state index contributed by atoms with van der Waals surface area (Å²) in [4.78, 5) is 4.30. The van der Waals surface area contributed by atoms with Gasteiger partial charge in [-0.15, -0.1) is 0 Å². The van der Waals surface area contributed by atoms with Crippen molar-refractivity contribution in [2.75, 3.05) is 5.73 Å². The molecule has 0 aliphatic rings. The van der Waals surface area contributed by atoms with Crippen molar-refractivity contribution < 1.29 is 0 Å². The van der Waals surface area contributed by atoms with Gasteiger partial charge in [-0.2, -0.15) is 10.2 Å². The molecule has 3 rings (SSSR count). The van der Waals surface area contributed by atoms with E-state index in [1.807, 2.05) is 33.8 Å². The highest BCUT2D eigenvalue weighted by molar-refractivity contribution is 5.81. The Morgan fingerprint density at radius 1 is 1.21 bits per heavy atom. The smallest absolute Gasteiger partial charge is 0.148 e. The van der Waals surface area contributed by atoms with Crippen LogP contribution in [0.4, 0.5) is 5.69 Å². The lowest BCUT2D eigenvalue weighted by Crippen LogP contribution is -2.10. The molecule has 0 spiro atoms. The molecule has 2 heterocycles. The molecule has 0 saturated carbocycles. The number of hydrogen-bond donors (Lipinski definition) is 1. The number of nitrogen functional groups attached to an aromatic ring is 1. The second-order valence-corrected chi connectivity index (χ2v) is 4.52. The molecule has 1 aromatic carbocycles. The Kier molecular flexibility index (Phi) is 2.91. The van der Waals surface area contributed by atoms with Gasteiger partial charge in [-0.1, -0.05) is 6.92 Å². The highest BCUT2D eigenvalue weighted by atomic mass is 15.4. The van der Waals surface area contributed by atoms with Crippen LogP contribution in [0.1, 0.15) is 19.2 Å². The second-order valence-electron chi connectivity index (χ2n) is 4.52. The van der Waals surface area contributed by atoms with Crippen LogP contribution in [-0.2, 0) is 13.1 Å². The number of nitrogens with zero attached hydrogens (tertiary/aromatic N) is 5. The number of rotatable bonds is 4. The van der Waals surface area contributed by atoms with Crippen LogP contribution in [0.15, 0.2) is 30.7 Å². The highest BCUT2D eigenvalue weighted by Crippen LogP contribution is 2.17. The predicted molar refractivity (Wildman–Crippen MR) is 73.6 cm³/mol. The molecule has 0 aliphatic carbocycles. The Labute approximate surface area is 110 Å². The molecule has 6 heteroatoms. The van der Waals surface area contributed by atoms with Gasteiger partial charge in [-0.25, -0.2) is 9.67 Å². The quantitative estimate of drug-likeness (QED) is 0.720. The number of benzene rings is 1. The Balaban J connectivity index is 1.96. The summed E-state index contributed by atoms with van der Waals surface area (Å²) in [5, 5.41) is 9.70. The summed E-state index contributed by atoms with van der Waals surface area (Å²) < 4.78 is 3.82. The highest BCUT2D eigenvalue weighted by Gasteiger charge is 2.08. The van der Waals surface area contributed by atoms with Crippen molar-refractivity contribution in [2.24, 2.45) is 0 Å². The first-order valence-electron chi connectivity index (χ1n) is 6.35. The minimum Gasteiger partial charge on any atom is -0.399 e. The van der Waals surface area contributed by atoms with Crippen LogP contribution >= 0.6 is 0 Å².